The number of nitrogens with one attached hydrogen (secondary N) is 1. The molecule has 0 unspecified atom stereocenters. The summed E-state index contributed by atoms with van der Waals surface area (Å²) in [4.78, 5) is 7.06. The van der Waals surface area contributed by atoms with Gasteiger partial charge in [0, 0.05) is 0 Å². The van der Waals surface area contributed by atoms with Crippen LogP contribution in [-0.4, -0.2) is 18.4 Å². The topological polar surface area (TPSA) is 98.0 Å². The second-order valence-electron chi connectivity index (χ2n) is 3.96. The normalized spacial score (nSPS) is 11.3. The van der Waals surface area contributed by atoms with E-state index < -0.39 is 15.8 Å². The van der Waals surface area contributed by atoms with E-state index in [1.165, 1.54) is 6.07 Å². The number of halogens is 2. The molecule has 1 heterocycles. The Balaban J connectivity index is 2.38. The Labute approximate surface area is 123 Å². The molecular weight excluding hydrogens is 351 g/mol. The van der Waals surface area contributed by atoms with E-state index in [9.17, 15) is 12.8 Å². The van der Waals surface area contributed by atoms with Gasteiger partial charge in [-0.05, 0) is 40.5 Å². The number of nitrogen functional groups attached to an aromatic ring is 1. The molecule has 3 N–H and O–H groups in total. The number of anilines is 2. The maximum atomic E-state index is 13.5. The molecule has 0 aliphatic rings. The number of benzene rings is 1. The van der Waals surface area contributed by atoms with Crippen molar-refractivity contribution in [3.63, 3.8) is 0 Å². The van der Waals surface area contributed by atoms with Gasteiger partial charge in [-0.15, -0.1) is 0 Å². The molecule has 1 aromatic heterocycles. The molecule has 2 aromatic rings. The van der Waals surface area contributed by atoms with Crippen molar-refractivity contribution >= 4 is 37.6 Å². The van der Waals surface area contributed by atoms with E-state index in [1.54, 1.807) is 6.92 Å². The van der Waals surface area contributed by atoms with Crippen LogP contribution in [0, 0.1) is 12.7 Å². The van der Waals surface area contributed by atoms with Crippen molar-refractivity contribution < 1.29 is 12.8 Å². The van der Waals surface area contributed by atoms with E-state index in [0.29, 0.717) is 5.56 Å². The molecule has 9 heteroatoms. The van der Waals surface area contributed by atoms with Crippen LogP contribution in [0.25, 0.3) is 0 Å². The summed E-state index contributed by atoms with van der Waals surface area (Å²) >= 11 is 3.03. The van der Waals surface area contributed by atoms with Gasteiger partial charge in [0.2, 0.25) is 5.95 Å². The van der Waals surface area contributed by atoms with E-state index in [4.69, 9.17) is 5.73 Å². The molecule has 0 atom stereocenters. The first-order valence-corrected chi connectivity index (χ1v) is 7.63. The minimum absolute atomic E-state index is 0.0326. The van der Waals surface area contributed by atoms with E-state index in [0.717, 1.165) is 18.5 Å². The smallest absolute Gasteiger partial charge is 0.264 e. The molecule has 0 saturated heterocycles. The Morgan fingerprint density at radius 1 is 1.30 bits per heavy atom. The summed E-state index contributed by atoms with van der Waals surface area (Å²) in [6.45, 7) is 1.65. The lowest BCUT2D eigenvalue weighted by Crippen LogP contribution is -2.15. The average Bonchev–Trinajstić information content (AvgIpc) is 2.36. The highest BCUT2D eigenvalue weighted by atomic mass is 79.9. The number of rotatable bonds is 3. The molecular formula is C11H10BrFN4O2S. The van der Waals surface area contributed by atoms with E-state index in [-0.39, 0.29) is 21.0 Å². The molecule has 0 radical (unpaired) electrons. The van der Waals surface area contributed by atoms with Crippen LogP contribution in [0.3, 0.4) is 0 Å². The predicted molar refractivity (Wildman–Crippen MR) is 76.1 cm³/mol. The summed E-state index contributed by atoms with van der Waals surface area (Å²) in [6.07, 6.45) is 2.16. The summed E-state index contributed by atoms with van der Waals surface area (Å²) < 4.78 is 40.2. The van der Waals surface area contributed by atoms with Crippen molar-refractivity contribution in [3.05, 3.63) is 40.4 Å². The summed E-state index contributed by atoms with van der Waals surface area (Å²) in [7, 11) is -3.89. The zero-order chi connectivity index (χ0) is 14.9. The van der Waals surface area contributed by atoms with E-state index >= 15 is 0 Å². The minimum Gasteiger partial charge on any atom is -0.368 e. The van der Waals surface area contributed by atoms with Crippen LogP contribution in [0.5, 0.6) is 0 Å². The Kier molecular flexibility index (Phi) is 3.91. The first-order chi connectivity index (χ1) is 9.29. The van der Waals surface area contributed by atoms with Crippen LogP contribution < -0.4 is 10.5 Å². The zero-order valence-electron chi connectivity index (χ0n) is 10.3. The zero-order valence-corrected chi connectivity index (χ0v) is 12.7. The summed E-state index contributed by atoms with van der Waals surface area (Å²) in [5, 5.41) is 0. The standard InChI is InChI=1S/C11H10BrFN4O2S/c1-6-2-8(12)9(13)3-10(6)17-20(18,19)7-4-15-11(14)16-5-7/h2-5,17H,1H3,(H2,14,15,16). The quantitative estimate of drug-likeness (QED) is 0.872. The Hall–Kier alpha value is -1.74. The Bertz CT molecular complexity index is 750. The third kappa shape index (κ3) is 3.05. The molecule has 2 rings (SSSR count). The highest BCUT2D eigenvalue weighted by Crippen LogP contribution is 2.25. The lowest BCUT2D eigenvalue weighted by molar-refractivity contribution is 0.600. The molecule has 0 spiro atoms. The molecule has 20 heavy (non-hydrogen) atoms. The fraction of sp³-hybridized carbons (Fsp3) is 0.0909. The lowest BCUT2D eigenvalue weighted by atomic mass is 10.2. The molecule has 6 nitrogen and oxygen atoms in total. The fourth-order valence-corrected chi connectivity index (χ4v) is 2.89. The van der Waals surface area contributed by atoms with Crippen molar-refractivity contribution in [2.75, 3.05) is 10.5 Å². The molecule has 0 bridgehead atoms. The molecule has 106 valence electrons. The molecule has 0 aliphatic carbocycles. The lowest BCUT2D eigenvalue weighted by Gasteiger charge is -2.11. The number of nitrogens with zero attached hydrogens (tertiary/aromatic N) is 2. The van der Waals surface area contributed by atoms with Crippen molar-refractivity contribution in [1.82, 2.24) is 9.97 Å². The molecule has 0 fully saturated rings. The predicted octanol–water partition coefficient (Wildman–Crippen LogP) is 2.07. The SMILES string of the molecule is Cc1cc(Br)c(F)cc1NS(=O)(=O)c1cnc(N)nc1. The van der Waals surface area contributed by atoms with Crippen LogP contribution in [-0.2, 0) is 10.0 Å². The van der Waals surface area contributed by atoms with Crippen LogP contribution in [0.4, 0.5) is 16.0 Å². The highest BCUT2D eigenvalue weighted by molar-refractivity contribution is 9.10. The van der Waals surface area contributed by atoms with Crippen molar-refractivity contribution in [2.24, 2.45) is 0 Å². The van der Waals surface area contributed by atoms with E-state index in [2.05, 4.69) is 30.6 Å². The highest BCUT2D eigenvalue weighted by Gasteiger charge is 2.17. The summed E-state index contributed by atoms with van der Waals surface area (Å²) in [6, 6.07) is 2.57. The van der Waals surface area contributed by atoms with Gasteiger partial charge in [0.1, 0.15) is 10.7 Å². The maximum absolute atomic E-state index is 13.5. The number of hydrogen-bond donors (Lipinski definition) is 2. The van der Waals surface area contributed by atoms with Gasteiger partial charge in [0.15, 0.2) is 0 Å². The molecule has 0 aliphatic heterocycles. The van der Waals surface area contributed by atoms with Gasteiger partial charge in [-0.1, -0.05) is 0 Å². The van der Waals surface area contributed by atoms with Crippen LogP contribution in [0.2, 0.25) is 0 Å². The van der Waals surface area contributed by atoms with Crippen LogP contribution >= 0.6 is 15.9 Å². The largest absolute Gasteiger partial charge is 0.368 e. The van der Waals surface area contributed by atoms with Gasteiger partial charge < -0.3 is 5.73 Å². The minimum atomic E-state index is -3.89. The van der Waals surface area contributed by atoms with Gasteiger partial charge in [-0.25, -0.2) is 22.8 Å². The van der Waals surface area contributed by atoms with Crippen molar-refractivity contribution in [1.29, 1.82) is 0 Å². The van der Waals surface area contributed by atoms with Gasteiger partial charge in [0.05, 0.1) is 22.6 Å². The van der Waals surface area contributed by atoms with Gasteiger partial charge in [-0.2, -0.15) is 0 Å². The first kappa shape index (κ1) is 14.7. The van der Waals surface area contributed by atoms with Crippen LogP contribution in [0.1, 0.15) is 5.56 Å². The van der Waals surface area contributed by atoms with Gasteiger partial charge in [-0.3, -0.25) is 4.72 Å². The second kappa shape index (κ2) is 5.33. The Morgan fingerprint density at radius 3 is 2.50 bits per heavy atom. The molecule has 0 saturated carbocycles. The fourth-order valence-electron chi connectivity index (χ4n) is 1.42. The first-order valence-electron chi connectivity index (χ1n) is 5.35. The van der Waals surface area contributed by atoms with Crippen molar-refractivity contribution in [3.8, 4) is 0 Å². The number of aromatic nitrogens is 2. The Morgan fingerprint density at radius 2 is 1.90 bits per heavy atom. The second-order valence-corrected chi connectivity index (χ2v) is 6.50. The molecule has 1 aromatic carbocycles. The third-order valence-corrected chi connectivity index (χ3v) is 4.40. The van der Waals surface area contributed by atoms with Gasteiger partial charge >= 0.3 is 0 Å². The maximum Gasteiger partial charge on any atom is 0.264 e. The average molecular weight is 361 g/mol. The van der Waals surface area contributed by atoms with Crippen LogP contribution in [0.15, 0.2) is 33.9 Å². The monoisotopic (exact) mass is 360 g/mol. The number of nitrogens with two attached hydrogens (primary N) is 1. The number of hydrogen-bond acceptors (Lipinski definition) is 5. The van der Waals surface area contributed by atoms with E-state index in [1.807, 2.05) is 0 Å². The molecule has 0 amide bonds. The van der Waals surface area contributed by atoms with Crippen molar-refractivity contribution in [2.45, 2.75) is 11.8 Å². The number of sulfonamides is 1. The summed E-state index contributed by atoms with van der Waals surface area (Å²) in [5.41, 5.74) is 6.00. The third-order valence-electron chi connectivity index (χ3n) is 2.47. The summed E-state index contributed by atoms with van der Waals surface area (Å²) in [5.74, 6) is -0.600. The number of aryl methyl sites for hydroxylation is 1. The van der Waals surface area contributed by atoms with Gasteiger partial charge in [0.25, 0.3) is 10.0 Å².